The van der Waals surface area contributed by atoms with Gasteiger partial charge in [-0.3, -0.25) is 19.3 Å². The number of aromatic nitrogens is 2. The van der Waals surface area contributed by atoms with Crippen molar-refractivity contribution in [1.29, 1.82) is 0 Å². The van der Waals surface area contributed by atoms with Crippen molar-refractivity contribution in [3.05, 3.63) is 118 Å². The van der Waals surface area contributed by atoms with Gasteiger partial charge in [0.1, 0.15) is 12.4 Å². The highest BCUT2D eigenvalue weighted by atomic mass is 35.5. The molecule has 1 saturated heterocycles. The number of nitrogens with one attached hydrogen (secondary N) is 1. The molecule has 14 nitrogen and oxygen atoms in total. The van der Waals surface area contributed by atoms with E-state index in [2.05, 4.69) is 29.5 Å². The molecule has 3 heterocycles. The predicted octanol–water partition coefficient (Wildman–Crippen LogP) is 6.99. The van der Waals surface area contributed by atoms with Gasteiger partial charge in [0, 0.05) is 62.8 Å². The van der Waals surface area contributed by atoms with Crippen molar-refractivity contribution in [1.82, 2.24) is 34.1 Å². The van der Waals surface area contributed by atoms with Gasteiger partial charge in [0.25, 0.3) is 27.7 Å². The van der Waals surface area contributed by atoms with Gasteiger partial charge in [-0.2, -0.15) is 5.10 Å². The van der Waals surface area contributed by atoms with Crippen molar-refractivity contribution < 1.29 is 32.3 Å². The van der Waals surface area contributed by atoms with Crippen LogP contribution in [0.25, 0.3) is 16.5 Å². The molecule has 1 atom stereocenters. The summed E-state index contributed by atoms with van der Waals surface area (Å²) in [5.74, 6) is -1.09. The summed E-state index contributed by atoms with van der Waals surface area (Å²) in [6.07, 6.45) is 4.08. The second-order valence-corrected chi connectivity index (χ2v) is 19.1. The number of benzene rings is 4. The van der Waals surface area contributed by atoms with Crippen LogP contribution in [0.2, 0.25) is 5.02 Å². The first-order chi connectivity index (χ1) is 31.3. The summed E-state index contributed by atoms with van der Waals surface area (Å²) in [7, 11) is -0.516. The number of carbonyl (C=O) groups is 3. The van der Waals surface area contributed by atoms with Crippen molar-refractivity contribution in [3.63, 3.8) is 0 Å². The molecular weight excluding hydrogens is 866 g/mol. The van der Waals surface area contributed by atoms with E-state index in [1.807, 2.05) is 49.3 Å². The number of ether oxygens (including phenoxy) is 2. The number of hydrogen-bond acceptors (Lipinski definition) is 10. The number of morpholine rings is 1. The van der Waals surface area contributed by atoms with Gasteiger partial charge in [0.15, 0.2) is 5.69 Å². The van der Waals surface area contributed by atoms with Crippen LogP contribution in [0.5, 0.6) is 5.75 Å². The fraction of sp³-hybridized carbons (Fsp3) is 0.429. The zero-order chi connectivity index (χ0) is 46.3. The van der Waals surface area contributed by atoms with Gasteiger partial charge in [-0.15, -0.1) is 0 Å². The fourth-order valence-electron chi connectivity index (χ4n) is 8.48. The Bertz CT molecular complexity index is 2620. The summed E-state index contributed by atoms with van der Waals surface area (Å²) in [6, 6.07) is 22.3. The molecule has 1 aromatic heterocycles. The highest BCUT2D eigenvalue weighted by Crippen LogP contribution is 2.32. The van der Waals surface area contributed by atoms with E-state index in [-0.39, 0.29) is 44.6 Å². The van der Waals surface area contributed by atoms with Gasteiger partial charge in [0.05, 0.1) is 40.1 Å². The van der Waals surface area contributed by atoms with Gasteiger partial charge in [-0.1, -0.05) is 80.8 Å². The third-order valence-corrected chi connectivity index (χ3v) is 13.9. The van der Waals surface area contributed by atoms with Crippen LogP contribution in [0.4, 0.5) is 0 Å². The second kappa shape index (κ2) is 21.3. The first-order valence-corrected chi connectivity index (χ1v) is 24.4. The lowest BCUT2D eigenvalue weighted by molar-refractivity contribution is 0.0323. The maximum Gasteiger partial charge on any atom is 0.275 e. The van der Waals surface area contributed by atoms with Crippen LogP contribution >= 0.6 is 11.6 Å². The molecule has 65 heavy (non-hydrogen) atoms. The Hall–Kier alpha value is -5.32. The molecule has 1 fully saturated rings. The molecule has 2 aliphatic rings. The van der Waals surface area contributed by atoms with Gasteiger partial charge in [-0.05, 0) is 93.2 Å². The Morgan fingerprint density at radius 3 is 2.35 bits per heavy atom. The van der Waals surface area contributed by atoms with Crippen LogP contribution in [0.15, 0.2) is 83.8 Å². The molecule has 2 aliphatic heterocycles. The highest BCUT2D eigenvalue weighted by Gasteiger charge is 2.34. The van der Waals surface area contributed by atoms with E-state index in [4.69, 9.17) is 26.2 Å². The zero-order valence-corrected chi connectivity index (χ0v) is 39.6. The summed E-state index contributed by atoms with van der Waals surface area (Å²) in [6.45, 7) is 11.9. The summed E-state index contributed by atoms with van der Waals surface area (Å²) in [4.78, 5) is 51.1. The smallest absolute Gasteiger partial charge is 0.275 e. The lowest BCUT2D eigenvalue weighted by Crippen LogP contribution is -2.49. The summed E-state index contributed by atoms with van der Waals surface area (Å²) in [5.41, 5.74) is 2.98. The van der Waals surface area contributed by atoms with Crippen molar-refractivity contribution in [2.75, 3.05) is 73.2 Å². The first-order valence-electron chi connectivity index (χ1n) is 22.5. The molecule has 16 heteroatoms. The van der Waals surface area contributed by atoms with E-state index in [1.54, 1.807) is 34.9 Å². The van der Waals surface area contributed by atoms with Gasteiger partial charge >= 0.3 is 0 Å². The van der Waals surface area contributed by atoms with Crippen molar-refractivity contribution in [2.45, 2.75) is 70.4 Å². The maximum atomic E-state index is 15.2. The minimum Gasteiger partial charge on any atom is -0.492 e. The van der Waals surface area contributed by atoms with Gasteiger partial charge in [-0.25, -0.2) is 17.8 Å². The number of fused-ring (bicyclic) bond motifs is 2. The van der Waals surface area contributed by atoms with E-state index in [0.29, 0.717) is 81.5 Å². The summed E-state index contributed by atoms with van der Waals surface area (Å²) in [5, 5.41) is 6.28. The highest BCUT2D eigenvalue weighted by molar-refractivity contribution is 7.90. The molecule has 0 spiro atoms. The Labute approximate surface area is 387 Å². The topological polar surface area (TPSA) is 147 Å². The third-order valence-electron chi connectivity index (χ3n) is 12.1. The van der Waals surface area contributed by atoms with E-state index in [1.165, 1.54) is 28.9 Å². The summed E-state index contributed by atoms with van der Waals surface area (Å²) < 4.78 is 43.3. The first kappa shape index (κ1) is 47.6. The Kier molecular flexibility index (Phi) is 15.6. The van der Waals surface area contributed by atoms with Gasteiger partial charge in [0.2, 0.25) is 0 Å². The third kappa shape index (κ3) is 11.0. The molecule has 0 unspecified atom stereocenters. The van der Waals surface area contributed by atoms with Crippen LogP contribution in [0.1, 0.15) is 87.6 Å². The predicted molar refractivity (Wildman–Crippen MR) is 253 cm³/mol. The number of carbonyl (C=O) groups excluding carboxylic acids is 3. The Balaban J connectivity index is 1.23. The lowest BCUT2D eigenvalue weighted by Gasteiger charge is -2.38. The Morgan fingerprint density at radius 1 is 0.923 bits per heavy atom. The lowest BCUT2D eigenvalue weighted by atomic mass is 9.92. The molecule has 0 aliphatic carbocycles. The molecule has 3 amide bonds. The minimum absolute atomic E-state index is 0.0623. The largest absolute Gasteiger partial charge is 0.492 e. The van der Waals surface area contributed by atoms with E-state index in [0.717, 1.165) is 55.3 Å². The molecule has 4 aromatic carbocycles. The zero-order valence-electron chi connectivity index (χ0n) is 38.0. The normalized spacial score (nSPS) is 15.6. The number of hydrogen-bond donors (Lipinski definition) is 1. The molecule has 0 bridgehead atoms. The number of nitrogens with zero attached hydrogens (tertiary/aromatic N) is 6. The Morgan fingerprint density at radius 2 is 1.65 bits per heavy atom. The molecule has 0 radical (unpaired) electrons. The standard InChI is InChI=1S/C49H60ClN7O7S/c1-6-8-21-55(22-9-7-2)49(60)46-45(50)34(3)57(51-46)43-20-18-37(30-42(43)48(59)56-32-38-14-11-10-13-36(38)29-39(56)33-53(4)5)47(58)52-65(61,62)40-19-17-35-15-12-16-44(41(35)31-40)64-28-25-54-23-26-63-27-24-54/h10-20,30-31,39H,6-9,21-29,32-33H2,1-5H3,(H,52,58)/t39-/m0/s1. The van der Waals surface area contributed by atoms with Crippen molar-refractivity contribution >= 4 is 50.1 Å². The van der Waals surface area contributed by atoms with E-state index < -0.39 is 15.9 Å². The number of rotatable bonds is 18. The summed E-state index contributed by atoms with van der Waals surface area (Å²) >= 11 is 6.93. The number of halogens is 1. The minimum atomic E-state index is -4.42. The fourth-order valence-corrected chi connectivity index (χ4v) is 9.68. The number of unbranched alkanes of at least 4 members (excludes halogenated alkanes) is 2. The molecular formula is C49H60ClN7O7S. The quantitative estimate of drug-likeness (QED) is 0.0977. The molecule has 346 valence electrons. The van der Waals surface area contributed by atoms with Crippen molar-refractivity contribution in [2.24, 2.45) is 0 Å². The average Bonchev–Trinajstić information content (AvgIpc) is 3.60. The van der Waals surface area contributed by atoms with Crippen LogP contribution in [-0.4, -0.2) is 135 Å². The van der Waals surface area contributed by atoms with Crippen LogP contribution < -0.4 is 9.46 Å². The second-order valence-electron chi connectivity index (χ2n) is 17.1. The SMILES string of the molecule is CCCCN(CCCC)C(=O)c1nn(-c2ccc(C(=O)NS(=O)(=O)c3ccc4cccc(OCCN5CCOCC5)c4c3)cc2C(=O)N2Cc3ccccc3C[C@H]2CN(C)C)c(C)c1Cl. The van der Waals surface area contributed by atoms with Crippen LogP contribution in [0, 0.1) is 6.92 Å². The maximum absolute atomic E-state index is 15.2. The number of amides is 3. The molecule has 1 N–H and O–H groups in total. The van der Waals surface area contributed by atoms with Crippen LogP contribution in [-0.2, 0) is 27.7 Å². The van der Waals surface area contributed by atoms with Crippen molar-refractivity contribution in [3.8, 4) is 11.4 Å². The van der Waals surface area contributed by atoms with Crippen LogP contribution in [0.3, 0.4) is 0 Å². The van der Waals surface area contributed by atoms with Gasteiger partial charge < -0.3 is 24.2 Å². The number of likely N-dealkylation sites (N-methyl/N-ethyl adjacent to an activating group) is 1. The van der Waals surface area contributed by atoms with E-state index >= 15 is 4.79 Å². The molecule has 5 aromatic rings. The average molecular weight is 927 g/mol. The van der Waals surface area contributed by atoms with E-state index in [9.17, 15) is 18.0 Å². The molecule has 0 saturated carbocycles. The monoisotopic (exact) mass is 925 g/mol. The number of sulfonamides is 1. The molecule has 7 rings (SSSR count).